The molecule has 0 amide bonds. The van der Waals surface area contributed by atoms with E-state index >= 15 is 0 Å². The van der Waals surface area contributed by atoms with Gasteiger partial charge in [0.15, 0.2) is 9.84 Å². The molecule has 3 atom stereocenters. The monoisotopic (exact) mass is 274 g/mol. The highest BCUT2D eigenvalue weighted by Gasteiger charge is 2.32. The molecule has 2 heterocycles. The van der Waals surface area contributed by atoms with Crippen LogP contribution in [0.5, 0.6) is 0 Å². The highest BCUT2D eigenvalue weighted by Crippen LogP contribution is 2.24. The second-order valence-corrected chi connectivity index (χ2v) is 8.12. The third-order valence-corrected chi connectivity index (χ3v) is 6.16. The molecule has 0 aliphatic carbocycles. The van der Waals surface area contributed by atoms with Gasteiger partial charge in [0.25, 0.3) is 0 Å². The summed E-state index contributed by atoms with van der Waals surface area (Å²) in [7, 11) is -2.72. The lowest BCUT2D eigenvalue weighted by atomic mass is 9.96. The lowest BCUT2D eigenvalue weighted by Gasteiger charge is -2.39. The van der Waals surface area contributed by atoms with E-state index in [0.717, 1.165) is 26.1 Å². The van der Waals surface area contributed by atoms with Crippen LogP contribution in [-0.2, 0) is 9.84 Å². The number of hydrogen-bond acceptors (Lipinski definition) is 4. The lowest BCUT2D eigenvalue weighted by molar-refractivity contribution is 0.120. The molecule has 2 aliphatic rings. The van der Waals surface area contributed by atoms with Crippen LogP contribution in [0.2, 0.25) is 0 Å². The van der Waals surface area contributed by atoms with Crippen LogP contribution < -0.4 is 5.32 Å². The maximum atomic E-state index is 11.5. The molecular weight excluding hydrogens is 248 g/mol. The van der Waals surface area contributed by atoms with Crippen LogP contribution >= 0.6 is 0 Å². The maximum absolute atomic E-state index is 11.5. The molecule has 0 spiro atoms. The van der Waals surface area contributed by atoms with Gasteiger partial charge in [-0.3, -0.25) is 0 Å². The van der Waals surface area contributed by atoms with Crippen LogP contribution in [0.1, 0.15) is 33.1 Å². The average Bonchev–Trinajstić information content (AvgIpc) is 2.63. The Labute approximate surface area is 111 Å². The van der Waals surface area contributed by atoms with Gasteiger partial charge in [0.05, 0.1) is 11.5 Å². The summed E-state index contributed by atoms with van der Waals surface area (Å²) >= 11 is 0. The molecule has 5 heteroatoms. The third kappa shape index (κ3) is 3.68. The van der Waals surface area contributed by atoms with Gasteiger partial charge in [0.2, 0.25) is 0 Å². The average molecular weight is 274 g/mol. The van der Waals surface area contributed by atoms with Crippen LogP contribution in [0.4, 0.5) is 0 Å². The van der Waals surface area contributed by atoms with Crippen molar-refractivity contribution in [2.45, 2.75) is 45.2 Å². The smallest absolute Gasteiger partial charge is 0.150 e. The number of rotatable bonds is 4. The number of piperidine rings is 1. The second kappa shape index (κ2) is 5.88. The van der Waals surface area contributed by atoms with Gasteiger partial charge in [0.1, 0.15) is 0 Å². The predicted molar refractivity (Wildman–Crippen MR) is 74.5 cm³/mol. The zero-order valence-corrected chi connectivity index (χ0v) is 12.4. The zero-order chi connectivity index (χ0) is 13.2. The number of hydrogen-bond donors (Lipinski definition) is 1. The second-order valence-electron chi connectivity index (χ2n) is 5.89. The van der Waals surface area contributed by atoms with Gasteiger partial charge in [-0.15, -0.1) is 0 Å². The molecule has 0 bridgehead atoms. The Bertz CT molecular complexity index is 369. The van der Waals surface area contributed by atoms with E-state index in [2.05, 4.69) is 24.1 Å². The summed E-state index contributed by atoms with van der Waals surface area (Å²) in [6.45, 7) is 7.54. The van der Waals surface area contributed by atoms with Crippen molar-refractivity contribution >= 4 is 9.84 Å². The van der Waals surface area contributed by atoms with Gasteiger partial charge >= 0.3 is 0 Å². The minimum atomic E-state index is -2.72. The molecule has 0 aromatic rings. The van der Waals surface area contributed by atoms with E-state index in [4.69, 9.17) is 0 Å². The minimum Gasteiger partial charge on any atom is -0.314 e. The van der Waals surface area contributed by atoms with Crippen LogP contribution in [0.15, 0.2) is 0 Å². The molecule has 2 rings (SSSR count). The molecule has 106 valence electrons. The Hall–Kier alpha value is -0.130. The van der Waals surface area contributed by atoms with Crippen molar-refractivity contribution in [3.8, 4) is 0 Å². The molecule has 0 radical (unpaired) electrons. The van der Waals surface area contributed by atoms with Gasteiger partial charge in [-0.2, -0.15) is 0 Å². The predicted octanol–water partition coefficient (Wildman–Crippen LogP) is 0.884. The lowest BCUT2D eigenvalue weighted by Crippen LogP contribution is -2.48. The summed E-state index contributed by atoms with van der Waals surface area (Å²) < 4.78 is 22.9. The molecule has 18 heavy (non-hydrogen) atoms. The Kier molecular flexibility index (Phi) is 4.67. The molecule has 0 aromatic heterocycles. The summed E-state index contributed by atoms with van der Waals surface area (Å²) in [5.41, 5.74) is 0. The fourth-order valence-electron chi connectivity index (χ4n) is 3.31. The van der Waals surface area contributed by atoms with E-state index in [-0.39, 0.29) is 0 Å². The topological polar surface area (TPSA) is 49.4 Å². The van der Waals surface area contributed by atoms with E-state index in [1.807, 2.05) is 0 Å². The molecule has 4 nitrogen and oxygen atoms in total. The Balaban J connectivity index is 1.81. The fourth-order valence-corrected chi connectivity index (χ4v) is 5.16. The molecule has 0 saturated carbocycles. The summed E-state index contributed by atoms with van der Waals surface area (Å²) in [6.07, 6.45) is 3.24. The van der Waals surface area contributed by atoms with Crippen molar-refractivity contribution in [2.24, 2.45) is 5.92 Å². The van der Waals surface area contributed by atoms with Crippen molar-refractivity contribution in [3.05, 3.63) is 0 Å². The summed E-state index contributed by atoms with van der Waals surface area (Å²) in [4.78, 5) is 2.49. The highest BCUT2D eigenvalue weighted by atomic mass is 32.2. The number of sulfone groups is 1. The van der Waals surface area contributed by atoms with E-state index in [0.29, 0.717) is 29.5 Å². The SMILES string of the molecule is CCNC1CCN(CC2CCS(=O)(=O)C2)C(C)C1. The van der Waals surface area contributed by atoms with Gasteiger partial charge in [0, 0.05) is 18.6 Å². The van der Waals surface area contributed by atoms with Gasteiger partial charge < -0.3 is 10.2 Å². The van der Waals surface area contributed by atoms with Gasteiger partial charge in [-0.1, -0.05) is 6.92 Å². The zero-order valence-electron chi connectivity index (χ0n) is 11.6. The first-order chi connectivity index (χ1) is 8.50. The number of nitrogens with zero attached hydrogens (tertiary/aromatic N) is 1. The summed E-state index contributed by atoms with van der Waals surface area (Å²) in [5.74, 6) is 1.18. The molecule has 2 saturated heterocycles. The standard InChI is InChI=1S/C13H26N2O2S/c1-3-14-13-4-6-15(11(2)8-13)9-12-5-7-18(16,17)10-12/h11-14H,3-10H2,1-2H3. The molecule has 3 unspecified atom stereocenters. The Morgan fingerprint density at radius 1 is 1.33 bits per heavy atom. The van der Waals surface area contributed by atoms with Crippen molar-refractivity contribution in [1.29, 1.82) is 0 Å². The molecule has 0 aromatic carbocycles. The minimum absolute atomic E-state index is 0.369. The van der Waals surface area contributed by atoms with Crippen molar-refractivity contribution in [2.75, 3.05) is 31.1 Å². The quantitative estimate of drug-likeness (QED) is 0.827. The molecule has 2 fully saturated rings. The summed E-state index contributed by atoms with van der Waals surface area (Å²) in [6, 6.07) is 1.22. The first-order valence-corrected chi connectivity index (χ1v) is 9.00. The maximum Gasteiger partial charge on any atom is 0.150 e. The summed E-state index contributed by atoms with van der Waals surface area (Å²) in [5, 5.41) is 3.52. The Morgan fingerprint density at radius 2 is 2.11 bits per heavy atom. The van der Waals surface area contributed by atoms with Crippen LogP contribution in [-0.4, -0.2) is 56.5 Å². The first kappa shape index (κ1) is 14.3. The molecular formula is C13H26N2O2S. The first-order valence-electron chi connectivity index (χ1n) is 7.18. The van der Waals surface area contributed by atoms with Crippen LogP contribution in [0, 0.1) is 5.92 Å². The van der Waals surface area contributed by atoms with Crippen molar-refractivity contribution in [1.82, 2.24) is 10.2 Å². The molecule has 1 N–H and O–H groups in total. The van der Waals surface area contributed by atoms with Gasteiger partial charge in [-0.05, 0) is 45.2 Å². The van der Waals surface area contributed by atoms with E-state index in [1.165, 1.54) is 12.8 Å². The van der Waals surface area contributed by atoms with E-state index in [9.17, 15) is 8.42 Å². The van der Waals surface area contributed by atoms with Crippen molar-refractivity contribution < 1.29 is 8.42 Å². The highest BCUT2D eigenvalue weighted by molar-refractivity contribution is 7.91. The number of nitrogens with one attached hydrogen (secondary N) is 1. The van der Waals surface area contributed by atoms with E-state index < -0.39 is 9.84 Å². The largest absolute Gasteiger partial charge is 0.314 e. The Morgan fingerprint density at radius 3 is 2.67 bits per heavy atom. The van der Waals surface area contributed by atoms with Crippen LogP contribution in [0.3, 0.4) is 0 Å². The van der Waals surface area contributed by atoms with E-state index in [1.54, 1.807) is 0 Å². The third-order valence-electron chi connectivity index (χ3n) is 4.33. The van der Waals surface area contributed by atoms with Crippen molar-refractivity contribution in [3.63, 3.8) is 0 Å². The number of likely N-dealkylation sites (tertiary alicyclic amines) is 1. The molecule has 2 aliphatic heterocycles. The fraction of sp³-hybridized carbons (Fsp3) is 1.00. The van der Waals surface area contributed by atoms with Crippen LogP contribution in [0.25, 0.3) is 0 Å². The normalized spacial score (nSPS) is 36.9. The van der Waals surface area contributed by atoms with Gasteiger partial charge in [-0.25, -0.2) is 8.42 Å².